The molecule has 0 aromatic heterocycles. The summed E-state index contributed by atoms with van der Waals surface area (Å²) in [5.41, 5.74) is -0.447. The third kappa shape index (κ3) is 4.30. The van der Waals surface area contributed by atoms with E-state index >= 15 is 0 Å². The van der Waals surface area contributed by atoms with Gasteiger partial charge in [0.05, 0.1) is 10.5 Å². The molecule has 0 aliphatic carbocycles. The first kappa shape index (κ1) is 16.1. The number of anilines is 1. The lowest BCUT2D eigenvalue weighted by atomic mass is 10.1. The predicted molar refractivity (Wildman–Crippen MR) is 76.7 cm³/mol. The minimum atomic E-state index is -1.23. The number of carboxylic acid groups (broad SMARTS) is 1. The SMILES string of the molecule is CC(CCS(C)=O)Nc1c(C(=O)O)cccc1[N+](=O)[O-]. The lowest BCUT2D eigenvalue weighted by Crippen LogP contribution is -2.20. The summed E-state index contributed by atoms with van der Waals surface area (Å²) in [7, 11) is -0.963. The quantitative estimate of drug-likeness (QED) is 0.587. The Bertz CT molecular complexity index is 514. The summed E-state index contributed by atoms with van der Waals surface area (Å²) in [5, 5.41) is 22.9. The molecule has 7 nitrogen and oxygen atoms in total. The molecule has 0 amide bonds. The van der Waals surface area contributed by atoms with Crippen LogP contribution in [0.4, 0.5) is 11.4 Å². The molecule has 0 bridgehead atoms. The van der Waals surface area contributed by atoms with Gasteiger partial charge in [0.1, 0.15) is 5.69 Å². The molecule has 1 aromatic carbocycles. The van der Waals surface area contributed by atoms with Crippen molar-refractivity contribution in [2.24, 2.45) is 0 Å². The van der Waals surface area contributed by atoms with E-state index in [1.807, 2.05) is 0 Å². The molecule has 0 heterocycles. The number of nitro groups is 1. The summed E-state index contributed by atoms with van der Waals surface area (Å²) in [5.74, 6) is -0.792. The molecular weight excluding hydrogens is 284 g/mol. The summed E-state index contributed by atoms with van der Waals surface area (Å²) < 4.78 is 11.0. The van der Waals surface area contributed by atoms with Crippen molar-refractivity contribution in [2.75, 3.05) is 17.3 Å². The van der Waals surface area contributed by atoms with Crippen LogP contribution < -0.4 is 5.32 Å². The van der Waals surface area contributed by atoms with Gasteiger partial charge >= 0.3 is 5.97 Å². The lowest BCUT2D eigenvalue weighted by molar-refractivity contribution is -0.384. The van der Waals surface area contributed by atoms with E-state index < -0.39 is 21.7 Å². The van der Waals surface area contributed by atoms with Gasteiger partial charge in [0.15, 0.2) is 0 Å². The lowest BCUT2D eigenvalue weighted by Gasteiger charge is -2.16. The molecule has 0 saturated heterocycles. The van der Waals surface area contributed by atoms with Crippen molar-refractivity contribution in [1.29, 1.82) is 0 Å². The van der Waals surface area contributed by atoms with E-state index in [-0.39, 0.29) is 23.0 Å². The maximum absolute atomic E-state index is 11.1. The molecule has 0 fully saturated rings. The number of nitrogens with one attached hydrogen (secondary N) is 1. The zero-order valence-electron chi connectivity index (χ0n) is 11.2. The van der Waals surface area contributed by atoms with Gasteiger partial charge in [-0.1, -0.05) is 6.07 Å². The number of aromatic carboxylic acids is 1. The maximum atomic E-state index is 11.1. The number of carboxylic acids is 1. The molecule has 2 atom stereocenters. The van der Waals surface area contributed by atoms with Gasteiger partial charge in [-0.2, -0.15) is 0 Å². The van der Waals surface area contributed by atoms with Crippen LogP contribution in [0.15, 0.2) is 18.2 Å². The van der Waals surface area contributed by atoms with E-state index in [2.05, 4.69) is 5.32 Å². The van der Waals surface area contributed by atoms with Crippen LogP contribution in [0, 0.1) is 10.1 Å². The molecule has 2 unspecified atom stereocenters. The zero-order valence-corrected chi connectivity index (χ0v) is 12.0. The second-order valence-electron chi connectivity index (χ2n) is 4.37. The smallest absolute Gasteiger partial charge is 0.338 e. The summed E-state index contributed by atoms with van der Waals surface area (Å²) in [6, 6.07) is 3.67. The van der Waals surface area contributed by atoms with Crippen LogP contribution in [-0.4, -0.2) is 38.3 Å². The Balaban J connectivity index is 3.04. The van der Waals surface area contributed by atoms with E-state index in [0.717, 1.165) is 0 Å². The average molecular weight is 300 g/mol. The highest BCUT2D eigenvalue weighted by atomic mass is 32.2. The Morgan fingerprint density at radius 1 is 1.55 bits per heavy atom. The van der Waals surface area contributed by atoms with Gasteiger partial charge < -0.3 is 10.4 Å². The largest absolute Gasteiger partial charge is 0.478 e. The molecule has 0 saturated carbocycles. The Labute approximate surface area is 118 Å². The molecular formula is C12H16N2O5S. The highest BCUT2D eigenvalue weighted by molar-refractivity contribution is 7.84. The number of benzene rings is 1. The van der Waals surface area contributed by atoms with Gasteiger partial charge in [-0.05, 0) is 19.4 Å². The highest BCUT2D eigenvalue weighted by Gasteiger charge is 2.22. The van der Waals surface area contributed by atoms with Crippen molar-refractivity contribution in [2.45, 2.75) is 19.4 Å². The van der Waals surface area contributed by atoms with E-state index in [4.69, 9.17) is 5.11 Å². The molecule has 2 N–H and O–H groups in total. The fourth-order valence-electron chi connectivity index (χ4n) is 1.68. The maximum Gasteiger partial charge on any atom is 0.338 e. The van der Waals surface area contributed by atoms with Crippen molar-refractivity contribution in [3.63, 3.8) is 0 Å². The summed E-state index contributed by atoms with van der Waals surface area (Å²) in [6.07, 6.45) is 2.09. The standard InChI is InChI=1S/C12H16N2O5S/c1-8(6-7-20(2)19)13-11-9(12(15)16)4-3-5-10(11)14(17)18/h3-5,8,13H,6-7H2,1-2H3,(H,15,16). The fourth-order valence-corrected chi connectivity index (χ4v) is 2.37. The van der Waals surface area contributed by atoms with Crippen molar-refractivity contribution >= 4 is 28.1 Å². The van der Waals surface area contributed by atoms with Gasteiger partial charge in [0.2, 0.25) is 0 Å². The van der Waals surface area contributed by atoms with E-state index in [9.17, 15) is 19.1 Å². The molecule has 0 aliphatic heterocycles. The molecule has 0 spiro atoms. The van der Waals surface area contributed by atoms with E-state index in [0.29, 0.717) is 12.2 Å². The minimum Gasteiger partial charge on any atom is -0.478 e. The van der Waals surface area contributed by atoms with Crippen molar-refractivity contribution in [3.8, 4) is 0 Å². The predicted octanol–water partition coefficient (Wildman–Crippen LogP) is 1.86. The Morgan fingerprint density at radius 3 is 2.70 bits per heavy atom. The zero-order chi connectivity index (χ0) is 15.3. The fraction of sp³-hybridized carbons (Fsp3) is 0.417. The van der Waals surface area contributed by atoms with Crippen LogP contribution in [0.1, 0.15) is 23.7 Å². The van der Waals surface area contributed by atoms with Crippen molar-refractivity contribution < 1.29 is 19.0 Å². The number of hydrogen-bond donors (Lipinski definition) is 2. The van der Waals surface area contributed by atoms with Crippen LogP contribution in [0.2, 0.25) is 0 Å². The minimum absolute atomic E-state index is 0.0145. The molecule has 8 heteroatoms. The molecule has 0 aliphatic rings. The highest BCUT2D eigenvalue weighted by Crippen LogP contribution is 2.29. The van der Waals surface area contributed by atoms with Crippen LogP contribution >= 0.6 is 0 Å². The van der Waals surface area contributed by atoms with Crippen molar-refractivity contribution in [3.05, 3.63) is 33.9 Å². The van der Waals surface area contributed by atoms with E-state index in [1.54, 1.807) is 13.2 Å². The van der Waals surface area contributed by atoms with Gasteiger partial charge in [0, 0.05) is 34.9 Å². The molecule has 0 radical (unpaired) electrons. The molecule has 20 heavy (non-hydrogen) atoms. The van der Waals surface area contributed by atoms with Crippen LogP contribution in [0.3, 0.4) is 0 Å². The van der Waals surface area contributed by atoms with Crippen LogP contribution in [-0.2, 0) is 10.8 Å². The third-order valence-corrected chi connectivity index (χ3v) is 3.51. The van der Waals surface area contributed by atoms with E-state index in [1.165, 1.54) is 18.2 Å². The van der Waals surface area contributed by atoms with Crippen molar-refractivity contribution in [1.82, 2.24) is 0 Å². The Hall–Kier alpha value is -1.96. The molecule has 1 rings (SSSR count). The topological polar surface area (TPSA) is 110 Å². The first-order chi connectivity index (χ1) is 9.32. The Morgan fingerprint density at radius 2 is 2.20 bits per heavy atom. The molecule has 110 valence electrons. The first-order valence-corrected chi connectivity index (χ1v) is 7.63. The van der Waals surface area contributed by atoms with Gasteiger partial charge in [-0.15, -0.1) is 0 Å². The monoisotopic (exact) mass is 300 g/mol. The number of para-hydroxylation sites is 1. The second kappa shape index (κ2) is 6.99. The Kier molecular flexibility index (Phi) is 5.63. The summed E-state index contributed by atoms with van der Waals surface area (Å²) >= 11 is 0. The second-order valence-corrected chi connectivity index (χ2v) is 5.93. The van der Waals surface area contributed by atoms with Gasteiger partial charge in [-0.25, -0.2) is 4.79 Å². The first-order valence-electron chi connectivity index (χ1n) is 5.90. The summed E-state index contributed by atoms with van der Waals surface area (Å²) in [6.45, 7) is 1.76. The normalized spacial score (nSPS) is 13.5. The van der Waals surface area contributed by atoms with Crippen LogP contribution in [0.25, 0.3) is 0 Å². The molecule has 1 aromatic rings. The van der Waals surface area contributed by atoms with Gasteiger partial charge in [0.25, 0.3) is 5.69 Å². The number of hydrogen-bond acceptors (Lipinski definition) is 5. The summed E-state index contributed by atoms with van der Waals surface area (Å²) in [4.78, 5) is 21.5. The number of rotatable bonds is 7. The number of carbonyl (C=O) groups is 1. The number of nitrogens with zero attached hydrogens (tertiary/aromatic N) is 1. The average Bonchev–Trinajstić information content (AvgIpc) is 2.36. The van der Waals surface area contributed by atoms with Gasteiger partial charge in [-0.3, -0.25) is 14.3 Å². The van der Waals surface area contributed by atoms with Crippen LogP contribution in [0.5, 0.6) is 0 Å². The number of nitro benzene ring substituents is 1. The third-order valence-electron chi connectivity index (χ3n) is 2.70.